The van der Waals surface area contributed by atoms with Gasteiger partial charge in [-0.2, -0.15) is 0 Å². The number of aromatic hydroxyl groups is 1. The predicted molar refractivity (Wildman–Crippen MR) is 89.2 cm³/mol. The number of nitrogens with zero attached hydrogens (tertiary/aromatic N) is 2. The van der Waals surface area contributed by atoms with Crippen molar-refractivity contribution < 1.29 is 9.90 Å². The largest absolute Gasteiger partial charge is 0.508 e. The van der Waals surface area contributed by atoms with Gasteiger partial charge in [-0.1, -0.05) is 18.2 Å². The summed E-state index contributed by atoms with van der Waals surface area (Å²) in [4.78, 5) is 15.5. The van der Waals surface area contributed by atoms with Crippen LogP contribution in [-0.2, 0) is 11.3 Å². The van der Waals surface area contributed by atoms with Crippen LogP contribution in [0.1, 0.15) is 12.5 Å². The lowest BCUT2D eigenvalue weighted by Gasteiger charge is -2.10. The van der Waals surface area contributed by atoms with Crippen molar-refractivity contribution in [3.05, 3.63) is 66.5 Å². The van der Waals surface area contributed by atoms with Crippen LogP contribution in [0.3, 0.4) is 0 Å². The summed E-state index contributed by atoms with van der Waals surface area (Å²) in [6.07, 6.45) is 3.61. The Morgan fingerprint density at radius 3 is 2.61 bits per heavy atom. The number of para-hydroxylation sites is 1. The number of aromatic nitrogens is 2. The molecule has 2 aromatic carbocycles. The lowest BCUT2D eigenvalue weighted by Crippen LogP contribution is -2.05. The number of rotatable bonds is 4. The molecule has 5 heteroatoms. The third-order valence-corrected chi connectivity index (χ3v) is 3.51. The van der Waals surface area contributed by atoms with E-state index < -0.39 is 0 Å². The second-order valence-electron chi connectivity index (χ2n) is 5.27. The molecule has 0 atom stereocenters. The Morgan fingerprint density at radius 2 is 1.91 bits per heavy atom. The van der Waals surface area contributed by atoms with Crippen LogP contribution >= 0.6 is 0 Å². The van der Waals surface area contributed by atoms with Gasteiger partial charge in [0.2, 0.25) is 5.91 Å². The van der Waals surface area contributed by atoms with E-state index in [-0.39, 0.29) is 11.7 Å². The van der Waals surface area contributed by atoms with E-state index in [4.69, 9.17) is 0 Å². The highest BCUT2D eigenvalue weighted by Gasteiger charge is 2.08. The SMILES string of the molecule is CC(=O)Nc1ccc(-c2nccn2Cc2ccccc2O)cc1. The fourth-order valence-corrected chi connectivity index (χ4v) is 2.43. The van der Waals surface area contributed by atoms with E-state index in [1.807, 2.05) is 47.2 Å². The van der Waals surface area contributed by atoms with Gasteiger partial charge in [-0.25, -0.2) is 4.98 Å². The molecular formula is C18H17N3O2. The van der Waals surface area contributed by atoms with Crippen molar-refractivity contribution in [3.8, 4) is 17.1 Å². The number of carbonyl (C=O) groups is 1. The number of carbonyl (C=O) groups excluding carboxylic acids is 1. The van der Waals surface area contributed by atoms with Gasteiger partial charge in [0.25, 0.3) is 0 Å². The first-order valence-corrected chi connectivity index (χ1v) is 7.29. The monoisotopic (exact) mass is 307 g/mol. The quantitative estimate of drug-likeness (QED) is 0.777. The number of hydrogen-bond acceptors (Lipinski definition) is 3. The Bertz CT molecular complexity index is 822. The number of benzene rings is 2. The molecule has 23 heavy (non-hydrogen) atoms. The highest BCUT2D eigenvalue weighted by Crippen LogP contribution is 2.23. The van der Waals surface area contributed by atoms with Crippen LogP contribution in [0.2, 0.25) is 0 Å². The molecule has 3 aromatic rings. The minimum atomic E-state index is -0.0983. The van der Waals surface area contributed by atoms with Crippen LogP contribution in [0.25, 0.3) is 11.4 Å². The zero-order valence-electron chi connectivity index (χ0n) is 12.7. The van der Waals surface area contributed by atoms with Gasteiger partial charge in [0, 0.05) is 36.1 Å². The van der Waals surface area contributed by atoms with E-state index in [1.54, 1.807) is 18.3 Å². The Balaban J connectivity index is 1.86. The number of phenols is 1. The molecule has 0 unspecified atom stereocenters. The maximum absolute atomic E-state index is 11.1. The summed E-state index contributed by atoms with van der Waals surface area (Å²) >= 11 is 0. The van der Waals surface area contributed by atoms with E-state index in [9.17, 15) is 9.90 Å². The molecule has 0 bridgehead atoms. The molecule has 1 amide bonds. The number of anilines is 1. The van der Waals surface area contributed by atoms with Gasteiger partial charge in [0.1, 0.15) is 11.6 Å². The van der Waals surface area contributed by atoms with Crippen molar-refractivity contribution in [2.45, 2.75) is 13.5 Å². The Labute approximate surface area is 134 Å². The molecule has 0 saturated heterocycles. The number of amides is 1. The summed E-state index contributed by atoms with van der Waals surface area (Å²) in [6, 6.07) is 14.8. The van der Waals surface area contributed by atoms with Crippen LogP contribution in [0.15, 0.2) is 60.9 Å². The standard InChI is InChI=1S/C18H17N3O2/c1-13(22)20-16-8-6-14(7-9-16)18-19-10-11-21(18)12-15-4-2-3-5-17(15)23/h2-11,23H,12H2,1H3,(H,20,22). The lowest BCUT2D eigenvalue weighted by atomic mass is 10.1. The molecule has 116 valence electrons. The molecule has 1 aromatic heterocycles. The van der Waals surface area contributed by atoms with Crippen molar-refractivity contribution in [1.29, 1.82) is 0 Å². The van der Waals surface area contributed by atoms with Crippen molar-refractivity contribution in [1.82, 2.24) is 9.55 Å². The number of nitrogens with one attached hydrogen (secondary N) is 1. The molecular weight excluding hydrogens is 290 g/mol. The number of hydrogen-bond donors (Lipinski definition) is 2. The fraction of sp³-hybridized carbons (Fsp3) is 0.111. The normalized spacial score (nSPS) is 10.5. The van der Waals surface area contributed by atoms with Gasteiger partial charge >= 0.3 is 0 Å². The van der Waals surface area contributed by atoms with Gasteiger partial charge in [0.05, 0.1) is 6.54 Å². The Kier molecular flexibility index (Phi) is 4.10. The minimum absolute atomic E-state index is 0.0983. The second-order valence-corrected chi connectivity index (χ2v) is 5.27. The van der Waals surface area contributed by atoms with Crippen molar-refractivity contribution in [3.63, 3.8) is 0 Å². The van der Waals surface area contributed by atoms with E-state index in [2.05, 4.69) is 10.3 Å². The molecule has 5 nitrogen and oxygen atoms in total. The molecule has 0 fully saturated rings. The third-order valence-electron chi connectivity index (χ3n) is 3.51. The first-order chi connectivity index (χ1) is 11.1. The van der Waals surface area contributed by atoms with Crippen LogP contribution in [0, 0.1) is 0 Å². The Morgan fingerprint density at radius 1 is 1.17 bits per heavy atom. The van der Waals surface area contributed by atoms with E-state index in [0.29, 0.717) is 6.54 Å². The zero-order valence-corrected chi connectivity index (χ0v) is 12.7. The van der Waals surface area contributed by atoms with Gasteiger partial charge in [-0.3, -0.25) is 4.79 Å². The maximum Gasteiger partial charge on any atom is 0.221 e. The summed E-state index contributed by atoms with van der Waals surface area (Å²) in [7, 11) is 0. The highest BCUT2D eigenvalue weighted by atomic mass is 16.3. The summed E-state index contributed by atoms with van der Waals surface area (Å²) in [5, 5.41) is 12.7. The molecule has 0 spiro atoms. The van der Waals surface area contributed by atoms with Crippen LogP contribution in [0.5, 0.6) is 5.75 Å². The van der Waals surface area contributed by atoms with E-state index in [0.717, 1.165) is 22.6 Å². The van der Waals surface area contributed by atoms with E-state index >= 15 is 0 Å². The first kappa shape index (κ1) is 14.8. The van der Waals surface area contributed by atoms with Gasteiger partial charge < -0.3 is 15.0 Å². The lowest BCUT2D eigenvalue weighted by molar-refractivity contribution is -0.114. The summed E-state index contributed by atoms with van der Waals surface area (Å²) < 4.78 is 1.97. The van der Waals surface area contributed by atoms with Crippen molar-refractivity contribution in [2.24, 2.45) is 0 Å². The van der Waals surface area contributed by atoms with Gasteiger partial charge in [0.15, 0.2) is 0 Å². The van der Waals surface area contributed by atoms with Crippen molar-refractivity contribution >= 4 is 11.6 Å². The van der Waals surface area contributed by atoms with Crippen LogP contribution < -0.4 is 5.32 Å². The average Bonchev–Trinajstić information content (AvgIpc) is 2.98. The molecule has 0 aliphatic heterocycles. The zero-order chi connectivity index (χ0) is 16.2. The second kappa shape index (κ2) is 6.36. The molecule has 0 saturated carbocycles. The Hall–Kier alpha value is -3.08. The molecule has 0 radical (unpaired) electrons. The topological polar surface area (TPSA) is 67.2 Å². The van der Waals surface area contributed by atoms with E-state index in [1.165, 1.54) is 6.92 Å². The predicted octanol–water partition coefficient (Wildman–Crippen LogP) is 3.26. The number of imidazole rings is 1. The van der Waals surface area contributed by atoms with Gasteiger partial charge in [-0.15, -0.1) is 0 Å². The van der Waals surface area contributed by atoms with Crippen molar-refractivity contribution in [2.75, 3.05) is 5.32 Å². The van der Waals surface area contributed by atoms with Crippen LogP contribution in [-0.4, -0.2) is 20.6 Å². The summed E-state index contributed by atoms with van der Waals surface area (Å²) in [5.41, 5.74) is 2.53. The molecule has 0 aliphatic rings. The average molecular weight is 307 g/mol. The molecule has 2 N–H and O–H groups in total. The summed E-state index contributed by atoms with van der Waals surface area (Å²) in [5.74, 6) is 0.981. The maximum atomic E-state index is 11.1. The highest BCUT2D eigenvalue weighted by molar-refractivity contribution is 5.88. The molecule has 1 heterocycles. The van der Waals surface area contributed by atoms with Gasteiger partial charge in [-0.05, 0) is 30.3 Å². The molecule has 3 rings (SSSR count). The third kappa shape index (κ3) is 3.40. The smallest absolute Gasteiger partial charge is 0.221 e. The van der Waals surface area contributed by atoms with Crippen LogP contribution in [0.4, 0.5) is 5.69 Å². The summed E-state index contributed by atoms with van der Waals surface area (Å²) in [6.45, 7) is 2.02. The number of phenolic OH excluding ortho intramolecular Hbond substituents is 1. The first-order valence-electron chi connectivity index (χ1n) is 7.29. The minimum Gasteiger partial charge on any atom is -0.508 e. The molecule has 0 aliphatic carbocycles. The fourth-order valence-electron chi connectivity index (χ4n) is 2.43.